The lowest BCUT2D eigenvalue weighted by Crippen LogP contribution is -2.11. The zero-order valence-corrected chi connectivity index (χ0v) is 13.3. The second-order valence-corrected chi connectivity index (χ2v) is 5.98. The maximum absolute atomic E-state index is 13.3. The van der Waals surface area contributed by atoms with Crippen LogP contribution >= 0.6 is 27.3 Å². The first-order valence-electron chi connectivity index (χ1n) is 5.90. The average molecular weight is 358 g/mol. The van der Waals surface area contributed by atoms with Crippen LogP contribution in [0, 0.1) is 5.82 Å². The Bertz CT molecular complexity index is 629. The molecule has 1 aromatic carbocycles. The SMILES string of the molecule is COC(=O)c1cc(F)ccc1NC(C)c1sccc1Br. The molecule has 6 heteroatoms. The number of carbonyl (C=O) groups is 1. The fraction of sp³-hybridized carbons (Fsp3) is 0.214. The molecule has 1 heterocycles. The monoisotopic (exact) mass is 357 g/mol. The maximum Gasteiger partial charge on any atom is 0.340 e. The summed E-state index contributed by atoms with van der Waals surface area (Å²) >= 11 is 5.07. The standard InChI is InChI=1S/C14H13BrFNO2S/c1-8(13-11(15)5-6-20-13)17-12-4-3-9(16)7-10(12)14(18)19-2/h3-8,17H,1-2H3. The average Bonchev–Trinajstić information content (AvgIpc) is 2.86. The molecule has 1 atom stereocenters. The number of ether oxygens (including phenoxy) is 1. The van der Waals surface area contributed by atoms with E-state index in [0.29, 0.717) is 5.69 Å². The molecule has 0 radical (unpaired) electrons. The third-order valence-electron chi connectivity index (χ3n) is 2.80. The van der Waals surface area contributed by atoms with Crippen molar-refractivity contribution in [2.75, 3.05) is 12.4 Å². The molecule has 1 N–H and O–H groups in total. The minimum Gasteiger partial charge on any atom is -0.465 e. The van der Waals surface area contributed by atoms with Gasteiger partial charge in [-0.2, -0.15) is 0 Å². The lowest BCUT2D eigenvalue weighted by Gasteiger charge is -2.17. The Labute approximate surface area is 128 Å². The van der Waals surface area contributed by atoms with E-state index in [9.17, 15) is 9.18 Å². The Hall–Kier alpha value is -1.40. The number of halogens is 2. The Morgan fingerprint density at radius 2 is 2.20 bits per heavy atom. The number of benzene rings is 1. The third-order valence-corrected chi connectivity index (χ3v) is 4.85. The van der Waals surface area contributed by atoms with Crippen molar-refractivity contribution >= 4 is 38.9 Å². The Morgan fingerprint density at radius 1 is 1.45 bits per heavy atom. The minimum absolute atomic E-state index is 0.0155. The number of esters is 1. The van der Waals surface area contributed by atoms with E-state index in [1.54, 1.807) is 17.4 Å². The quantitative estimate of drug-likeness (QED) is 0.812. The summed E-state index contributed by atoms with van der Waals surface area (Å²) in [6.07, 6.45) is 0. The molecule has 0 fully saturated rings. The summed E-state index contributed by atoms with van der Waals surface area (Å²) < 4.78 is 19.0. The number of rotatable bonds is 4. The van der Waals surface area contributed by atoms with E-state index >= 15 is 0 Å². The lowest BCUT2D eigenvalue weighted by atomic mass is 10.1. The zero-order chi connectivity index (χ0) is 14.7. The van der Waals surface area contributed by atoms with Crippen LogP contribution in [0.15, 0.2) is 34.1 Å². The maximum atomic E-state index is 13.3. The van der Waals surface area contributed by atoms with Crippen molar-refractivity contribution in [1.29, 1.82) is 0 Å². The molecule has 0 amide bonds. The van der Waals surface area contributed by atoms with Crippen LogP contribution in [-0.2, 0) is 4.74 Å². The van der Waals surface area contributed by atoms with E-state index in [2.05, 4.69) is 26.0 Å². The molecule has 20 heavy (non-hydrogen) atoms. The predicted octanol–water partition coefficient (Wildman–Crippen LogP) is 4.61. The van der Waals surface area contributed by atoms with Gasteiger partial charge in [0.1, 0.15) is 5.82 Å². The van der Waals surface area contributed by atoms with Gasteiger partial charge in [0.05, 0.1) is 18.7 Å². The van der Waals surface area contributed by atoms with Crippen molar-refractivity contribution in [3.05, 3.63) is 50.4 Å². The van der Waals surface area contributed by atoms with Crippen molar-refractivity contribution < 1.29 is 13.9 Å². The van der Waals surface area contributed by atoms with E-state index in [1.807, 2.05) is 18.4 Å². The molecule has 0 bridgehead atoms. The Morgan fingerprint density at radius 3 is 2.80 bits per heavy atom. The lowest BCUT2D eigenvalue weighted by molar-refractivity contribution is 0.0601. The van der Waals surface area contributed by atoms with Gasteiger partial charge in [0, 0.05) is 15.0 Å². The molecular weight excluding hydrogens is 345 g/mol. The predicted molar refractivity (Wildman–Crippen MR) is 81.8 cm³/mol. The number of hydrogen-bond donors (Lipinski definition) is 1. The van der Waals surface area contributed by atoms with Gasteiger partial charge in [-0.25, -0.2) is 9.18 Å². The van der Waals surface area contributed by atoms with Crippen LogP contribution in [0.4, 0.5) is 10.1 Å². The molecule has 1 aromatic heterocycles. The molecule has 0 aliphatic carbocycles. The van der Waals surface area contributed by atoms with E-state index in [4.69, 9.17) is 0 Å². The van der Waals surface area contributed by atoms with Gasteiger partial charge >= 0.3 is 5.97 Å². The molecule has 1 unspecified atom stereocenters. The van der Waals surface area contributed by atoms with Gasteiger partial charge in [-0.05, 0) is 52.5 Å². The number of thiophene rings is 1. The molecule has 3 nitrogen and oxygen atoms in total. The van der Waals surface area contributed by atoms with Crippen LogP contribution in [0.5, 0.6) is 0 Å². The normalized spacial score (nSPS) is 12.0. The van der Waals surface area contributed by atoms with Crippen molar-refractivity contribution in [2.24, 2.45) is 0 Å². The molecule has 0 aliphatic heterocycles. The van der Waals surface area contributed by atoms with Gasteiger partial charge in [0.2, 0.25) is 0 Å². The van der Waals surface area contributed by atoms with Crippen LogP contribution in [-0.4, -0.2) is 13.1 Å². The van der Waals surface area contributed by atoms with Crippen molar-refractivity contribution in [3.8, 4) is 0 Å². The Kier molecular flexibility index (Phi) is 4.77. The fourth-order valence-electron chi connectivity index (χ4n) is 1.83. The van der Waals surface area contributed by atoms with E-state index < -0.39 is 11.8 Å². The molecule has 0 saturated carbocycles. The number of carbonyl (C=O) groups excluding carboxylic acids is 1. The summed E-state index contributed by atoms with van der Waals surface area (Å²) in [5.74, 6) is -1.04. The van der Waals surface area contributed by atoms with Crippen LogP contribution in [0.25, 0.3) is 0 Å². The molecule has 0 aliphatic rings. The zero-order valence-electron chi connectivity index (χ0n) is 10.9. The van der Waals surface area contributed by atoms with Crippen LogP contribution in [0.1, 0.15) is 28.2 Å². The molecular formula is C14H13BrFNO2S. The van der Waals surface area contributed by atoms with Crippen molar-refractivity contribution in [3.63, 3.8) is 0 Å². The number of nitrogens with one attached hydrogen (secondary N) is 1. The Balaban J connectivity index is 2.29. The summed E-state index contributed by atoms with van der Waals surface area (Å²) in [5, 5.41) is 5.18. The molecule has 0 spiro atoms. The summed E-state index contributed by atoms with van der Waals surface area (Å²) in [6, 6.07) is 5.97. The molecule has 0 saturated heterocycles. The second kappa shape index (κ2) is 6.37. The van der Waals surface area contributed by atoms with E-state index in [0.717, 1.165) is 9.35 Å². The smallest absolute Gasteiger partial charge is 0.340 e. The topological polar surface area (TPSA) is 38.3 Å². The highest BCUT2D eigenvalue weighted by Crippen LogP contribution is 2.32. The summed E-state index contributed by atoms with van der Waals surface area (Å²) in [7, 11) is 1.27. The second-order valence-electron chi connectivity index (χ2n) is 4.18. The van der Waals surface area contributed by atoms with Gasteiger partial charge in [0.25, 0.3) is 0 Å². The van der Waals surface area contributed by atoms with Crippen LogP contribution in [0.3, 0.4) is 0 Å². The number of hydrogen-bond acceptors (Lipinski definition) is 4. The highest BCUT2D eigenvalue weighted by molar-refractivity contribution is 9.10. The first-order chi connectivity index (χ1) is 9.52. The summed E-state index contributed by atoms with van der Waals surface area (Å²) in [6.45, 7) is 1.97. The van der Waals surface area contributed by atoms with Gasteiger partial charge in [-0.15, -0.1) is 11.3 Å². The van der Waals surface area contributed by atoms with Gasteiger partial charge < -0.3 is 10.1 Å². The highest BCUT2D eigenvalue weighted by Gasteiger charge is 2.17. The van der Waals surface area contributed by atoms with Crippen LogP contribution in [0.2, 0.25) is 0 Å². The largest absolute Gasteiger partial charge is 0.465 e. The minimum atomic E-state index is -0.565. The fourth-order valence-corrected chi connectivity index (χ4v) is 3.56. The van der Waals surface area contributed by atoms with Gasteiger partial charge in [-0.3, -0.25) is 0 Å². The molecule has 106 valence electrons. The van der Waals surface area contributed by atoms with Crippen LogP contribution < -0.4 is 5.32 Å². The highest BCUT2D eigenvalue weighted by atomic mass is 79.9. The van der Waals surface area contributed by atoms with Crippen molar-refractivity contribution in [2.45, 2.75) is 13.0 Å². The first-order valence-corrected chi connectivity index (χ1v) is 7.57. The molecule has 2 aromatic rings. The third kappa shape index (κ3) is 3.19. The van der Waals surface area contributed by atoms with Gasteiger partial charge in [-0.1, -0.05) is 0 Å². The first kappa shape index (κ1) is 15.0. The molecule has 2 rings (SSSR count). The number of anilines is 1. The van der Waals surface area contributed by atoms with Crippen molar-refractivity contribution in [1.82, 2.24) is 0 Å². The summed E-state index contributed by atoms with van der Waals surface area (Å²) in [5.41, 5.74) is 0.734. The van der Waals surface area contributed by atoms with E-state index in [-0.39, 0.29) is 11.6 Å². The van der Waals surface area contributed by atoms with E-state index in [1.165, 1.54) is 19.2 Å². The number of methoxy groups -OCH3 is 1. The summed E-state index contributed by atoms with van der Waals surface area (Å²) in [4.78, 5) is 12.8. The van der Waals surface area contributed by atoms with Gasteiger partial charge in [0.15, 0.2) is 0 Å².